The summed E-state index contributed by atoms with van der Waals surface area (Å²) in [5, 5.41) is -0.672. The molecule has 70 valence electrons. The van der Waals surface area contributed by atoms with E-state index in [9.17, 15) is 9.18 Å². The van der Waals surface area contributed by atoms with Gasteiger partial charge in [-0.05, 0) is 6.07 Å². The molecule has 0 spiro atoms. The number of halogens is 4. The summed E-state index contributed by atoms with van der Waals surface area (Å²) in [6, 6.07) is 0.846. The summed E-state index contributed by atoms with van der Waals surface area (Å²) < 4.78 is 12.9. The average Bonchev–Trinajstić information content (AvgIpc) is 2.07. The number of rotatable bonds is 1. The van der Waals surface area contributed by atoms with E-state index in [1.807, 2.05) is 0 Å². The molecule has 0 heterocycles. The van der Waals surface area contributed by atoms with E-state index >= 15 is 0 Å². The zero-order chi connectivity index (χ0) is 10.2. The maximum Gasteiger partial charge on any atom is 0.250 e. The second kappa shape index (κ2) is 3.70. The minimum atomic E-state index is -0.859. The smallest absolute Gasteiger partial charge is 0.250 e. The maximum atomic E-state index is 12.9. The van der Waals surface area contributed by atoms with Crippen molar-refractivity contribution in [3.63, 3.8) is 0 Å². The van der Waals surface area contributed by atoms with Crippen LogP contribution < -0.4 is 5.73 Å². The van der Waals surface area contributed by atoms with Crippen LogP contribution in [0.15, 0.2) is 6.07 Å². The first kappa shape index (κ1) is 10.6. The molecule has 0 saturated heterocycles. The molecule has 0 bridgehead atoms. The van der Waals surface area contributed by atoms with Crippen LogP contribution in [0.4, 0.5) is 4.39 Å². The quantitative estimate of drug-likeness (QED) is 0.597. The minimum Gasteiger partial charge on any atom is -0.366 e. The lowest BCUT2D eigenvalue weighted by molar-refractivity contribution is 0.1000. The Hall–Kier alpha value is -0.510. The normalized spacial score (nSPS) is 10.2. The highest BCUT2D eigenvalue weighted by molar-refractivity contribution is 6.49. The van der Waals surface area contributed by atoms with Crippen molar-refractivity contribution in [3.05, 3.63) is 32.5 Å². The molecular formula is C7H3Cl3FNO. The minimum absolute atomic E-state index is 0.138. The Balaban J connectivity index is 3.50. The average molecular weight is 242 g/mol. The van der Waals surface area contributed by atoms with Crippen molar-refractivity contribution in [2.24, 2.45) is 5.73 Å². The topological polar surface area (TPSA) is 43.1 Å². The third kappa shape index (κ3) is 1.88. The van der Waals surface area contributed by atoms with Gasteiger partial charge >= 0.3 is 0 Å². The summed E-state index contributed by atoms with van der Waals surface area (Å²) in [5.41, 5.74) is 4.72. The van der Waals surface area contributed by atoms with Crippen LogP contribution in [0.25, 0.3) is 0 Å². The van der Waals surface area contributed by atoms with E-state index in [2.05, 4.69) is 0 Å². The lowest BCUT2D eigenvalue weighted by Gasteiger charge is -2.04. The van der Waals surface area contributed by atoms with Gasteiger partial charge in [0.2, 0.25) is 5.91 Å². The first-order chi connectivity index (χ1) is 5.95. The fourth-order valence-corrected chi connectivity index (χ4v) is 1.38. The standard InChI is InChI=1S/C7H3Cl3FNO/c8-4-2(7(12)13)1-3(11)5(9)6(4)10/h1H,(H2,12,13). The zero-order valence-corrected chi connectivity index (χ0v) is 8.34. The van der Waals surface area contributed by atoms with Crippen molar-refractivity contribution in [1.29, 1.82) is 0 Å². The van der Waals surface area contributed by atoms with Crippen molar-refractivity contribution >= 4 is 40.7 Å². The van der Waals surface area contributed by atoms with Crippen LogP contribution in [0, 0.1) is 5.82 Å². The molecule has 1 aromatic rings. The highest BCUT2D eigenvalue weighted by Gasteiger charge is 2.16. The molecule has 0 atom stereocenters. The molecule has 6 heteroatoms. The van der Waals surface area contributed by atoms with Gasteiger partial charge in [0, 0.05) is 0 Å². The SMILES string of the molecule is NC(=O)c1cc(F)c(Cl)c(Cl)c1Cl. The van der Waals surface area contributed by atoms with E-state index in [1.165, 1.54) is 0 Å². The largest absolute Gasteiger partial charge is 0.366 e. The Morgan fingerprint density at radius 1 is 1.23 bits per heavy atom. The number of hydrogen-bond donors (Lipinski definition) is 1. The van der Waals surface area contributed by atoms with Crippen LogP contribution >= 0.6 is 34.8 Å². The Kier molecular flexibility index (Phi) is 3.01. The number of primary amides is 1. The van der Waals surface area contributed by atoms with E-state index < -0.39 is 11.7 Å². The van der Waals surface area contributed by atoms with Crippen LogP contribution in [0.3, 0.4) is 0 Å². The molecule has 13 heavy (non-hydrogen) atoms. The first-order valence-electron chi connectivity index (χ1n) is 3.08. The van der Waals surface area contributed by atoms with E-state index in [-0.39, 0.29) is 20.6 Å². The lowest BCUT2D eigenvalue weighted by Crippen LogP contribution is -2.12. The highest BCUT2D eigenvalue weighted by Crippen LogP contribution is 2.34. The molecule has 0 aromatic heterocycles. The number of nitrogens with two attached hydrogens (primary N) is 1. The molecule has 2 N–H and O–H groups in total. The molecule has 0 saturated carbocycles. The summed E-state index contributed by atoms with van der Waals surface area (Å²) in [7, 11) is 0. The summed E-state index contributed by atoms with van der Waals surface area (Å²) in [6.45, 7) is 0. The van der Waals surface area contributed by atoms with E-state index in [0.717, 1.165) is 6.07 Å². The predicted octanol–water partition coefficient (Wildman–Crippen LogP) is 2.88. The molecule has 1 aromatic carbocycles. The molecule has 0 aliphatic heterocycles. The monoisotopic (exact) mass is 241 g/mol. The maximum absolute atomic E-state index is 12.9. The van der Waals surface area contributed by atoms with E-state index in [0.29, 0.717) is 0 Å². The number of amides is 1. The van der Waals surface area contributed by atoms with Gasteiger partial charge in [0.15, 0.2) is 0 Å². The Morgan fingerprint density at radius 3 is 2.23 bits per heavy atom. The fraction of sp³-hybridized carbons (Fsp3) is 0. The van der Waals surface area contributed by atoms with Gasteiger partial charge in [-0.2, -0.15) is 0 Å². The second-order valence-corrected chi connectivity index (χ2v) is 3.35. The van der Waals surface area contributed by atoms with Crippen LogP contribution in [-0.2, 0) is 0 Å². The Morgan fingerprint density at radius 2 is 1.77 bits per heavy atom. The van der Waals surface area contributed by atoms with E-state index in [4.69, 9.17) is 40.5 Å². The van der Waals surface area contributed by atoms with Gasteiger partial charge in [0.05, 0.1) is 20.6 Å². The third-order valence-corrected chi connectivity index (χ3v) is 2.70. The van der Waals surface area contributed by atoms with Gasteiger partial charge in [-0.1, -0.05) is 34.8 Å². The number of carbonyl (C=O) groups is 1. The van der Waals surface area contributed by atoms with Crippen molar-refractivity contribution in [2.45, 2.75) is 0 Å². The molecule has 2 nitrogen and oxygen atoms in total. The van der Waals surface area contributed by atoms with Crippen molar-refractivity contribution in [3.8, 4) is 0 Å². The van der Waals surface area contributed by atoms with Gasteiger partial charge in [0.1, 0.15) is 5.82 Å². The Bertz CT molecular complexity index is 380. The predicted molar refractivity (Wildman–Crippen MR) is 49.9 cm³/mol. The molecule has 0 unspecified atom stereocenters. The van der Waals surface area contributed by atoms with Gasteiger partial charge in [-0.25, -0.2) is 4.39 Å². The molecular weight excluding hydrogens is 239 g/mol. The van der Waals surface area contributed by atoms with Crippen molar-refractivity contribution in [2.75, 3.05) is 0 Å². The van der Waals surface area contributed by atoms with Gasteiger partial charge in [-0.3, -0.25) is 4.79 Å². The molecule has 1 amide bonds. The Labute approximate surface area is 88.4 Å². The summed E-state index contributed by atoms with van der Waals surface area (Å²) in [4.78, 5) is 10.7. The zero-order valence-electron chi connectivity index (χ0n) is 6.07. The molecule has 0 radical (unpaired) electrons. The van der Waals surface area contributed by atoms with Gasteiger partial charge in [0.25, 0.3) is 0 Å². The molecule has 0 aliphatic carbocycles. The van der Waals surface area contributed by atoms with Crippen LogP contribution in [-0.4, -0.2) is 5.91 Å². The lowest BCUT2D eigenvalue weighted by atomic mass is 10.2. The van der Waals surface area contributed by atoms with Gasteiger partial charge < -0.3 is 5.73 Å². The summed E-state index contributed by atoms with van der Waals surface area (Å²) >= 11 is 16.5. The van der Waals surface area contributed by atoms with Crippen molar-refractivity contribution < 1.29 is 9.18 Å². The molecule has 0 aliphatic rings. The molecule has 1 rings (SSSR count). The number of hydrogen-bond acceptors (Lipinski definition) is 1. The van der Waals surface area contributed by atoms with Gasteiger partial charge in [-0.15, -0.1) is 0 Å². The van der Waals surface area contributed by atoms with Crippen LogP contribution in [0.5, 0.6) is 0 Å². The van der Waals surface area contributed by atoms with Crippen molar-refractivity contribution in [1.82, 2.24) is 0 Å². The summed E-state index contributed by atoms with van der Waals surface area (Å²) in [5.74, 6) is -1.69. The first-order valence-corrected chi connectivity index (χ1v) is 4.21. The highest BCUT2D eigenvalue weighted by atomic mass is 35.5. The second-order valence-electron chi connectivity index (χ2n) is 2.21. The van der Waals surface area contributed by atoms with E-state index in [1.54, 1.807) is 0 Å². The number of carbonyl (C=O) groups excluding carboxylic acids is 1. The van der Waals surface area contributed by atoms with Crippen LogP contribution in [0.2, 0.25) is 15.1 Å². The fourth-order valence-electron chi connectivity index (χ4n) is 0.752. The molecule has 0 fully saturated rings. The number of benzene rings is 1. The van der Waals surface area contributed by atoms with Crippen LogP contribution in [0.1, 0.15) is 10.4 Å². The third-order valence-electron chi connectivity index (χ3n) is 1.37. The summed E-state index contributed by atoms with van der Waals surface area (Å²) in [6.07, 6.45) is 0.